The van der Waals surface area contributed by atoms with Crippen molar-refractivity contribution in [3.8, 4) is 0 Å². The summed E-state index contributed by atoms with van der Waals surface area (Å²) in [6.07, 6.45) is 3.73. The molecule has 3 aromatic rings. The molecule has 0 aliphatic heterocycles. The Bertz CT molecular complexity index is 1290. The molecule has 40 heavy (non-hydrogen) atoms. The van der Waals surface area contributed by atoms with E-state index >= 15 is 0 Å². The number of H-pyrrole nitrogens is 1. The van der Waals surface area contributed by atoms with Crippen LogP contribution in [0.1, 0.15) is 37.3 Å². The second-order valence-electron chi connectivity index (χ2n) is 9.91. The number of para-hydroxylation sites is 1. The fourth-order valence-electron chi connectivity index (χ4n) is 4.41. The summed E-state index contributed by atoms with van der Waals surface area (Å²) in [4.78, 5) is 54.8. The summed E-state index contributed by atoms with van der Waals surface area (Å²) in [5.41, 5.74) is 19.4. The average molecular weight is 550 g/mol. The average Bonchev–Trinajstić information content (AvgIpc) is 3.34. The molecule has 10 N–H and O–H groups in total. The van der Waals surface area contributed by atoms with Crippen LogP contribution < -0.4 is 33.2 Å². The molecule has 214 valence electrons. The van der Waals surface area contributed by atoms with Crippen LogP contribution in [0.25, 0.3) is 10.9 Å². The van der Waals surface area contributed by atoms with Crippen molar-refractivity contribution in [3.63, 3.8) is 0 Å². The lowest BCUT2D eigenvalue weighted by molar-refractivity contribution is -0.133. The van der Waals surface area contributed by atoms with Crippen LogP contribution in [0.15, 0.2) is 60.8 Å². The molecule has 0 spiro atoms. The standard InChI is InChI=1S/C29H39N7O4/c1-18(31)27(38)35-25(16-20-17-33-22-12-6-5-11-21(20)22)29(40)36-24(15-19-9-3-2-4-10-19)28(39)34-23(26(32)37)13-7-8-14-30/h2-6,9-12,17-18,23-25,33H,7-8,13-16,30-31H2,1H3,(H2,32,37)(H,34,39)(H,35,38)(H,36,40)/t18-,23-,24+,25-/m0/s1. The van der Waals surface area contributed by atoms with Crippen LogP contribution in [0.3, 0.4) is 0 Å². The summed E-state index contributed by atoms with van der Waals surface area (Å²) in [7, 11) is 0. The Kier molecular flexibility index (Phi) is 11.2. The number of fused-ring (bicyclic) bond motifs is 1. The third-order valence-corrected chi connectivity index (χ3v) is 6.67. The topological polar surface area (TPSA) is 198 Å². The van der Waals surface area contributed by atoms with Gasteiger partial charge in [-0.1, -0.05) is 48.5 Å². The van der Waals surface area contributed by atoms with Crippen LogP contribution in [-0.2, 0) is 32.0 Å². The number of primary amides is 1. The first-order chi connectivity index (χ1) is 19.2. The SMILES string of the molecule is C[C@H](N)C(=O)N[C@@H](Cc1c[nH]c2ccccc12)C(=O)N[C@H](Cc1ccccc1)C(=O)N[C@@H](CCCCN)C(N)=O. The Morgan fingerprint density at radius 2 is 1.40 bits per heavy atom. The van der Waals surface area contributed by atoms with E-state index in [1.54, 1.807) is 6.20 Å². The first kappa shape index (κ1) is 30.3. The Labute approximate surface area is 233 Å². The van der Waals surface area contributed by atoms with E-state index in [1.807, 2.05) is 54.6 Å². The smallest absolute Gasteiger partial charge is 0.243 e. The van der Waals surface area contributed by atoms with Gasteiger partial charge in [0.2, 0.25) is 23.6 Å². The largest absolute Gasteiger partial charge is 0.368 e. The molecule has 0 saturated carbocycles. The Morgan fingerprint density at radius 3 is 2.05 bits per heavy atom. The predicted molar refractivity (Wildman–Crippen MR) is 154 cm³/mol. The molecule has 0 radical (unpaired) electrons. The Balaban J connectivity index is 1.84. The lowest BCUT2D eigenvalue weighted by Crippen LogP contribution is -2.58. The van der Waals surface area contributed by atoms with Gasteiger partial charge in [-0.3, -0.25) is 19.2 Å². The maximum Gasteiger partial charge on any atom is 0.243 e. The number of rotatable bonds is 15. The van der Waals surface area contributed by atoms with E-state index in [1.165, 1.54) is 6.92 Å². The van der Waals surface area contributed by atoms with Gasteiger partial charge in [-0.25, -0.2) is 0 Å². The van der Waals surface area contributed by atoms with E-state index in [9.17, 15) is 19.2 Å². The normalized spacial score (nSPS) is 14.1. The van der Waals surface area contributed by atoms with Gasteiger partial charge in [0.25, 0.3) is 0 Å². The maximum absolute atomic E-state index is 13.6. The molecule has 2 aromatic carbocycles. The van der Waals surface area contributed by atoms with Crippen molar-refractivity contribution in [1.82, 2.24) is 20.9 Å². The highest BCUT2D eigenvalue weighted by atomic mass is 16.2. The molecule has 11 heteroatoms. The van der Waals surface area contributed by atoms with Crippen LogP contribution in [-0.4, -0.2) is 59.3 Å². The minimum absolute atomic E-state index is 0.160. The van der Waals surface area contributed by atoms with Crippen molar-refractivity contribution in [1.29, 1.82) is 0 Å². The molecule has 1 aromatic heterocycles. The zero-order valence-corrected chi connectivity index (χ0v) is 22.7. The highest BCUT2D eigenvalue weighted by molar-refractivity contribution is 5.95. The zero-order valence-electron chi connectivity index (χ0n) is 22.7. The number of amides is 4. The van der Waals surface area contributed by atoms with Gasteiger partial charge in [-0.2, -0.15) is 0 Å². The molecule has 3 rings (SSSR count). The third-order valence-electron chi connectivity index (χ3n) is 6.67. The van der Waals surface area contributed by atoms with E-state index < -0.39 is 47.8 Å². The second-order valence-corrected chi connectivity index (χ2v) is 9.91. The Morgan fingerprint density at radius 1 is 0.800 bits per heavy atom. The molecular formula is C29H39N7O4. The molecule has 0 aliphatic rings. The quantitative estimate of drug-likeness (QED) is 0.134. The van der Waals surface area contributed by atoms with Gasteiger partial charge in [-0.05, 0) is 49.9 Å². The monoisotopic (exact) mass is 549 g/mol. The first-order valence-electron chi connectivity index (χ1n) is 13.4. The number of carbonyl (C=O) groups is 4. The van der Waals surface area contributed by atoms with Crippen LogP contribution in [0.2, 0.25) is 0 Å². The fraction of sp³-hybridized carbons (Fsp3) is 0.379. The van der Waals surface area contributed by atoms with Crippen molar-refractivity contribution >= 4 is 34.5 Å². The summed E-state index contributed by atoms with van der Waals surface area (Å²) < 4.78 is 0. The number of unbranched alkanes of at least 4 members (excludes halogenated alkanes) is 1. The van der Waals surface area contributed by atoms with Gasteiger partial charge >= 0.3 is 0 Å². The van der Waals surface area contributed by atoms with Crippen molar-refractivity contribution in [3.05, 3.63) is 71.9 Å². The molecule has 4 atom stereocenters. The summed E-state index contributed by atoms with van der Waals surface area (Å²) >= 11 is 0. The van der Waals surface area contributed by atoms with Crippen molar-refractivity contribution < 1.29 is 19.2 Å². The molecular weight excluding hydrogens is 510 g/mol. The second kappa shape index (κ2) is 14.8. The molecule has 0 aliphatic carbocycles. The van der Waals surface area contributed by atoms with Crippen LogP contribution >= 0.6 is 0 Å². The van der Waals surface area contributed by atoms with Gasteiger partial charge in [0.05, 0.1) is 6.04 Å². The minimum Gasteiger partial charge on any atom is -0.368 e. The summed E-state index contributed by atoms with van der Waals surface area (Å²) in [6.45, 7) is 1.98. The number of hydrogen-bond acceptors (Lipinski definition) is 6. The molecule has 0 unspecified atom stereocenters. The van der Waals surface area contributed by atoms with Gasteiger partial charge < -0.3 is 38.1 Å². The van der Waals surface area contributed by atoms with Crippen molar-refractivity contribution in [2.24, 2.45) is 17.2 Å². The summed E-state index contributed by atoms with van der Waals surface area (Å²) in [5.74, 6) is -2.29. The van der Waals surface area contributed by atoms with E-state index in [4.69, 9.17) is 17.2 Å². The fourth-order valence-corrected chi connectivity index (χ4v) is 4.41. The number of aromatic nitrogens is 1. The van der Waals surface area contributed by atoms with Gasteiger partial charge in [0, 0.05) is 29.9 Å². The lowest BCUT2D eigenvalue weighted by atomic mass is 10.0. The zero-order chi connectivity index (χ0) is 29.1. The highest BCUT2D eigenvalue weighted by Crippen LogP contribution is 2.19. The lowest BCUT2D eigenvalue weighted by Gasteiger charge is -2.25. The number of benzene rings is 2. The van der Waals surface area contributed by atoms with Gasteiger partial charge in [0.15, 0.2) is 0 Å². The van der Waals surface area contributed by atoms with Crippen molar-refractivity contribution in [2.45, 2.75) is 63.2 Å². The van der Waals surface area contributed by atoms with E-state index in [0.717, 1.165) is 22.0 Å². The number of carbonyl (C=O) groups excluding carboxylic acids is 4. The number of nitrogens with one attached hydrogen (secondary N) is 4. The minimum atomic E-state index is -1.04. The Hall–Kier alpha value is -4.22. The highest BCUT2D eigenvalue weighted by Gasteiger charge is 2.30. The van der Waals surface area contributed by atoms with Crippen LogP contribution in [0.5, 0.6) is 0 Å². The summed E-state index contributed by atoms with van der Waals surface area (Å²) in [6, 6.07) is 13.0. The molecule has 0 saturated heterocycles. The third kappa shape index (κ3) is 8.65. The molecule has 0 bridgehead atoms. The summed E-state index contributed by atoms with van der Waals surface area (Å²) in [5, 5.41) is 9.11. The molecule has 0 fully saturated rings. The number of aromatic amines is 1. The molecule has 4 amide bonds. The van der Waals surface area contributed by atoms with Crippen molar-refractivity contribution in [2.75, 3.05) is 6.54 Å². The number of nitrogens with two attached hydrogens (primary N) is 3. The first-order valence-corrected chi connectivity index (χ1v) is 13.4. The molecule has 1 heterocycles. The van der Waals surface area contributed by atoms with E-state index in [0.29, 0.717) is 25.8 Å². The maximum atomic E-state index is 13.6. The van der Waals surface area contributed by atoms with Crippen LogP contribution in [0, 0.1) is 0 Å². The van der Waals surface area contributed by atoms with E-state index in [2.05, 4.69) is 20.9 Å². The van der Waals surface area contributed by atoms with Crippen LogP contribution in [0.4, 0.5) is 0 Å². The van der Waals surface area contributed by atoms with E-state index in [-0.39, 0.29) is 12.8 Å². The number of hydrogen-bond donors (Lipinski definition) is 7. The van der Waals surface area contributed by atoms with Gasteiger partial charge in [0.1, 0.15) is 18.1 Å². The predicted octanol–water partition coefficient (Wildman–Crippen LogP) is 0.369. The molecule has 11 nitrogen and oxygen atoms in total. The van der Waals surface area contributed by atoms with Gasteiger partial charge in [-0.15, -0.1) is 0 Å².